The van der Waals surface area contributed by atoms with Crippen LogP contribution >= 0.6 is 11.8 Å². The predicted octanol–water partition coefficient (Wildman–Crippen LogP) is 4.26. The van der Waals surface area contributed by atoms with Gasteiger partial charge in [0.2, 0.25) is 11.8 Å². The lowest BCUT2D eigenvalue weighted by Gasteiger charge is -2.29. The molecule has 0 aliphatic carbocycles. The second kappa shape index (κ2) is 13.0. The van der Waals surface area contributed by atoms with E-state index in [2.05, 4.69) is 24.4 Å². The molecule has 0 radical (unpaired) electrons. The smallest absolute Gasteiger partial charge is 0.242 e. The van der Waals surface area contributed by atoms with Crippen LogP contribution in [0.3, 0.4) is 0 Å². The number of unbranched alkanes of at least 4 members (excludes halogenated alkanes) is 1. The molecule has 2 amide bonds. The van der Waals surface area contributed by atoms with E-state index in [4.69, 9.17) is 4.74 Å². The summed E-state index contributed by atoms with van der Waals surface area (Å²) in [6.45, 7) is 4.87. The average molecular weight is 429 g/mol. The summed E-state index contributed by atoms with van der Waals surface area (Å²) in [6.07, 6.45) is 1.94. The molecule has 2 aromatic carbocycles. The molecule has 162 valence electrons. The minimum atomic E-state index is -0.544. The molecule has 5 nitrogen and oxygen atoms in total. The van der Waals surface area contributed by atoms with Gasteiger partial charge in [0.25, 0.3) is 0 Å². The number of nitrogens with one attached hydrogen (secondary N) is 1. The van der Waals surface area contributed by atoms with Gasteiger partial charge in [0.1, 0.15) is 11.8 Å². The van der Waals surface area contributed by atoms with E-state index < -0.39 is 6.04 Å². The Kier molecular flexibility index (Phi) is 10.3. The van der Waals surface area contributed by atoms with Crippen molar-refractivity contribution in [2.45, 2.75) is 45.0 Å². The number of ether oxygens (including phenoxy) is 1. The molecule has 0 aromatic heterocycles. The summed E-state index contributed by atoms with van der Waals surface area (Å²) in [5, 5.41) is 2.94. The summed E-state index contributed by atoms with van der Waals surface area (Å²) < 4.78 is 5.30. The topological polar surface area (TPSA) is 58.6 Å². The number of carbonyl (C=O) groups excluding carboxylic acids is 2. The maximum atomic E-state index is 13.1. The fourth-order valence-electron chi connectivity index (χ4n) is 3.00. The molecule has 0 bridgehead atoms. The standard InChI is InChI=1S/C24H32N2O3S/c1-4-5-14-25-24(28)19(2)26(16-21-12-9-13-22(15-21)29-3)23(27)18-30-17-20-10-7-6-8-11-20/h6-13,15,19H,4-5,14,16-18H2,1-3H3,(H,25,28). The molecule has 1 N–H and O–H groups in total. The first kappa shape index (κ1) is 23.8. The van der Waals surface area contributed by atoms with Crippen LogP contribution in [0.15, 0.2) is 54.6 Å². The van der Waals surface area contributed by atoms with Gasteiger partial charge in [-0.1, -0.05) is 55.8 Å². The van der Waals surface area contributed by atoms with Crippen molar-refractivity contribution in [2.75, 3.05) is 19.4 Å². The molecular weight excluding hydrogens is 396 g/mol. The van der Waals surface area contributed by atoms with Crippen LogP contribution < -0.4 is 10.1 Å². The van der Waals surface area contributed by atoms with Crippen LogP contribution in [-0.2, 0) is 21.9 Å². The van der Waals surface area contributed by atoms with Crippen LogP contribution in [0, 0.1) is 0 Å². The van der Waals surface area contributed by atoms with Gasteiger partial charge in [-0.15, -0.1) is 11.8 Å². The molecule has 2 rings (SSSR count). The molecule has 0 saturated heterocycles. The molecule has 0 aliphatic rings. The molecule has 2 aromatic rings. The van der Waals surface area contributed by atoms with Crippen LogP contribution in [0.4, 0.5) is 0 Å². The van der Waals surface area contributed by atoms with Crippen molar-refractivity contribution in [3.05, 3.63) is 65.7 Å². The van der Waals surface area contributed by atoms with Crippen molar-refractivity contribution in [1.82, 2.24) is 10.2 Å². The SMILES string of the molecule is CCCCNC(=O)C(C)N(Cc1cccc(OC)c1)C(=O)CSCc1ccccc1. The van der Waals surface area contributed by atoms with Crippen molar-refractivity contribution >= 4 is 23.6 Å². The van der Waals surface area contributed by atoms with Crippen LogP contribution in [0.5, 0.6) is 5.75 Å². The molecular formula is C24H32N2O3S. The summed E-state index contributed by atoms with van der Waals surface area (Å²) in [5.74, 6) is 1.66. The predicted molar refractivity (Wildman–Crippen MR) is 124 cm³/mol. The number of nitrogens with zero attached hydrogens (tertiary/aromatic N) is 1. The van der Waals surface area contributed by atoms with E-state index in [1.165, 1.54) is 5.56 Å². The van der Waals surface area contributed by atoms with Crippen molar-refractivity contribution in [3.8, 4) is 5.75 Å². The summed E-state index contributed by atoms with van der Waals surface area (Å²) in [5.41, 5.74) is 2.11. The van der Waals surface area contributed by atoms with Crippen LogP contribution in [0.1, 0.15) is 37.8 Å². The average Bonchev–Trinajstić information content (AvgIpc) is 2.77. The number of rotatable bonds is 12. The van der Waals surface area contributed by atoms with E-state index in [1.807, 2.05) is 42.5 Å². The maximum absolute atomic E-state index is 13.1. The van der Waals surface area contributed by atoms with Gasteiger partial charge < -0.3 is 15.0 Å². The number of hydrogen-bond donors (Lipinski definition) is 1. The number of hydrogen-bond acceptors (Lipinski definition) is 4. The van der Waals surface area contributed by atoms with Crippen LogP contribution in [0.2, 0.25) is 0 Å². The second-order valence-corrected chi connectivity index (χ2v) is 8.16. The van der Waals surface area contributed by atoms with E-state index in [0.717, 1.165) is 29.9 Å². The quantitative estimate of drug-likeness (QED) is 0.513. The molecule has 6 heteroatoms. The van der Waals surface area contributed by atoms with E-state index in [9.17, 15) is 9.59 Å². The zero-order valence-electron chi connectivity index (χ0n) is 18.1. The Morgan fingerprint density at radius 3 is 2.53 bits per heavy atom. The Labute approximate surface area is 184 Å². The fourth-order valence-corrected chi connectivity index (χ4v) is 3.87. The minimum Gasteiger partial charge on any atom is -0.497 e. The lowest BCUT2D eigenvalue weighted by molar-refractivity contribution is -0.138. The molecule has 0 aliphatic heterocycles. The van der Waals surface area contributed by atoms with E-state index >= 15 is 0 Å². The number of methoxy groups -OCH3 is 1. The van der Waals surface area contributed by atoms with Gasteiger partial charge in [0.05, 0.1) is 12.9 Å². The molecule has 0 saturated carbocycles. The Balaban J connectivity index is 2.06. The molecule has 0 spiro atoms. The lowest BCUT2D eigenvalue weighted by atomic mass is 10.1. The zero-order valence-corrected chi connectivity index (χ0v) is 18.9. The summed E-state index contributed by atoms with van der Waals surface area (Å²) in [7, 11) is 1.62. The van der Waals surface area contributed by atoms with Crippen molar-refractivity contribution < 1.29 is 14.3 Å². The number of benzene rings is 2. The largest absolute Gasteiger partial charge is 0.497 e. The second-order valence-electron chi connectivity index (χ2n) is 7.17. The summed E-state index contributed by atoms with van der Waals surface area (Å²) in [4.78, 5) is 27.4. The first-order chi connectivity index (χ1) is 14.5. The highest BCUT2D eigenvalue weighted by Crippen LogP contribution is 2.18. The minimum absolute atomic E-state index is 0.0445. The Bertz CT molecular complexity index is 798. The van der Waals surface area contributed by atoms with Gasteiger partial charge in [0.15, 0.2) is 0 Å². The van der Waals surface area contributed by atoms with Gasteiger partial charge in [-0.05, 0) is 36.6 Å². The van der Waals surface area contributed by atoms with Crippen molar-refractivity contribution in [2.24, 2.45) is 0 Å². The highest BCUT2D eigenvalue weighted by atomic mass is 32.2. The highest BCUT2D eigenvalue weighted by molar-refractivity contribution is 7.99. The molecule has 1 atom stereocenters. The Morgan fingerprint density at radius 2 is 1.83 bits per heavy atom. The molecule has 1 unspecified atom stereocenters. The van der Waals surface area contributed by atoms with Crippen molar-refractivity contribution in [1.29, 1.82) is 0 Å². The van der Waals surface area contributed by atoms with E-state index in [0.29, 0.717) is 18.8 Å². The zero-order chi connectivity index (χ0) is 21.8. The highest BCUT2D eigenvalue weighted by Gasteiger charge is 2.26. The van der Waals surface area contributed by atoms with Gasteiger partial charge in [-0.2, -0.15) is 0 Å². The van der Waals surface area contributed by atoms with Crippen LogP contribution in [0.25, 0.3) is 0 Å². The first-order valence-corrected chi connectivity index (χ1v) is 11.5. The Hall–Kier alpha value is -2.47. The van der Waals surface area contributed by atoms with Gasteiger partial charge in [-0.25, -0.2) is 0 Å². The van der Waals surface area contributed by atoms with Crippen molar-refractivity contribution in [3.63, 3.8) is 0 Å². The third-order valence-electron chi connectivity index (χ3n) is 4.82. The van der Waals surface area contributed by atoms with E-state index in [1.54, 1.807) is 30.7 Å². The van der Waals surface area contributed by atoms with E-state index in [-0.39, 0.29) is 11.8 Å². The van der Waals surface area contributed by atoms with Gasteiger partial charge in [-0.3, -0.25) is 9.59 Å². The monoisotopic (exact) mass is 428 g/mol. The third kappa shape index (κ3) is 7.75. The number of thioether (sulfide) groups is 1. The Morgan fingerprint density at radius 1 is 1.10 bits per heavy atom. The fraction of sp³-hybridized carbons (Fsp3) is 0.417. The van der Waals surface area contributed by atoms with Gasteiger partial charge in [0, 0.05) is 18.8 Å². The molecule has 30 heavy (non-hydrogen) atoms. The third-order valence-corrected chi connectivity index (χ3v) is 5.81. The number of amides is 2. The normalized spacial score (nSPS) is 11.6. The summed E-state index contributed by atoms with van der Waals surface area (Å²) >= 11 is 1.56. The first-order valence-electron chi connectivity index (χ1n) is 10.4. The van der Waals surface area contributed by atoms with Crippen LogP contribution in [-0.4, -0.2) is 42.2 Å². The molecule has 0 heterocycles. The maximum Gasteiger partial charge on any atom is 0.242 e. The number of carbonyl (C=O) groups is 2. The van der Waals surface area contributed by atoms with Gasteiger partial charge >= 0.3 is 0 Å². The lowest BCUT2D eigenvalue weighted by Crippen LogP contribution is -2.48. The summed E-state index contributed by atoms with van der Waals surface area (Å²) in [6, 6.07) is 17.1. The molecule has 0 fully saturated rings.